The summed E-state index contributed by atoms with van der Waals surface area (Å²) in [5, 5.41) is 0.665. The van der Waals surface area contributed by atoms with Crippen LogP contribution in [0.2, 0.25) is 5.02 Å². The molecule has 1 fully saturated rings. The van der Waals surface area contributed by atoms with Crippen molar-refractivity contribution in [3.05, 3.63) is 58.6 Å². The molecule has 0 saturated carbocycles. The Kier molecular flexibility index (Phi) is 6.04. The molecular weight excluding hydrogens is 350 g/mol. The van der Waals surface area contributed by atoms with Crippen molar-refractivity contribution >= 4 is 17.5 Å². The van der Waals surface area contributed by atoms with Gasteiger partial charge in [0.05, 0.1) is 7.11 Å². The number of rotatable bonds is 5. The predicted octanol–water partition coefficient (Wildman–Crippen LogP) is 4.80. The number of ether oxygens (including phenoxy) is 2. The van der Waals surface area contributed by atoms with Gasteiger partial charge in [-0.3, -0.25) is 4.79 Å². The van der Waals surface area contributed by atoms with Gasteiger partial charge in [0.1, 0.15) is 18.1 Å². The van der Waals surface area contributed by atoms with E-state index in [0.717, 1.165) is 37.2 Å². The molecule has 138 valence electrons. The van der Waals surface area contributed by atoms with Crippen molar-refractivity contribution in [1.29, 1.82) is 0 Å². The normalized spacial score (nSPS) is 15.0. The van der Waals surface area contributed by atoms with E-state index >= 15 is 0 Å². The lowest BCUT2D eigenvalue weighted by Crippen LogP contribution is -2.37. The fourth-order valence-corrected chi connectivity index (χ4v) is 3.24. The summed E-state index contributed by atoms with van der Waals surface area (Å²) in [5.74, 6) is 2.20. The quantitative estimate of drug-likeness (QED) is 0.755. The summed E-state index contributed by atoms with van der Waals surface area (Å²) in [4.78, 5) is 14.7. The van der Waals surface area contributed by atoms with Crippen molar-refractivity contribution in [3.8, 4) is 11.5 Å². The molecule has 1 heterocycles. The average molecular weight is 374 g/mol. The Bertz CT molecular complexity index is 752. The summed E-state index contributed by atoms with van der Waals surface area (Å²) in [6.07, 6.45) is 2.13. The second kappa shape index (κ2) is 8.45. The molecular formula is C21H24ClNO3. The summed E-state index contributed by atoms with van der Waals surface area (Å²) in [7, 11) is 1.62. The molecule has 0 unspecified atom stereocenters. The van der Waals surface area contributed by atoms with Crippen LogP contribution >= 0.6 is 11.6 Å². The Labute approximate surface area is 159 Å². The van der Waals surface area contributed by atoms with E-state index in [1.165, 1.54) is 0 Å². The maximum absolute atomic E-state index is 12.8. The molecule has 26 heavy (non-hydrogen) atoms. The molecule has 1 aliphatic heterocycles. The van der Waals surface area contributed by atoms with Crippen molar-refractivity contribution in [2.75, 3.05) is 20.2 Å². The Morgan fingerprint density at radius 3 is 2.50 bits per heavy atom. The number of halogens is 1. The predicted molar refractivity (Wildman–Crippen MR) is 103 cm³/mol. The first-order valence-corrected chi connectivity index (χ1v) is 9.29. The van der Waals surface area contributed by atoms with Crippen LogP contribution in [0.3, 0.4) is 0 Å². The van der Waals surface area contributed by atoms with E-state index in [1.807, 2.05) is 35.2 Å². The molecule has 0 atom stereocenters. The number of hydrogen-bond acceptors (Lipinski definition) is 3. The number of piperidine rings is 1. The minimum Gasteiger partial charge on any atom is -0.496 e. The number of benzene rings is 2. The van der Waals surface area contributed by atoms with Crippen molar-refractivity contribution in [2.24, 2.45) is 5.92 Å². The molecule has 0 N–H and O–H groups in total. The summed E-state index contributed by atoms with van der Waals surface area (Å²) in [6, 6.07) is 12.7. The van der Waals surface area contributed by atoms with Crippen molar-refractivity contribution in [3.63, 3.8) is 0 Å². The molecule has 1 saturated heterocycles. The minimum atomic E-state index is 0.0762. The maximum Gasteiger partial charge on any atom is 0.253 e. The van der Waals surface area contributed by atoms with E-state index in [2.05, 4.69) is 6.92 Å². The van der Waals surface area contributed by atoms with Gasteiger partial charge >= 0.3 is 0 Å². The molecule has 0 bridgehead atoms. The van der Waals surface area contributed by atoms with E-state index in [4.69, 9.17) is 21.1 Å². The summed E-state index contributed by atoms with van der Waals surface area (Å²) >= 11 is 5.90. The van der Waals surface area contributed by atoms with Gasteiger partial charge in [0.25, 0.3) is 5.91 Å². The highest BCUT2D eigenvalue weighted by Gasteiger charge is 2.22. The van der Waals surface area contributed by atoms with E-state index in [0.29, 0.717) is 28.9 Å². The second-order valence-corrected chi connectivity index (χ2v) is 7.18. The van der Waals surface area contributed by atoms with E-state index in [9.17, 15) is 4.79 Å². The zero-order chi connectivity index (χ0) is 18.5. The van der Waals surface area contributed by atoms with Gasteiger partial charge in [-0.1, -0.05) is 18.5 Å². The number of nitrogens with zero attached hydrogens (tertiary/aromatic N) is 1. The van der Waals surface area contributed by atoms with Gasteiger partial charge in [-0.2, -0.15) is 0 Å². The maximum atomic E-state index is 12.8. The molecule has 2 aromatic rings. The summed E-state index contributed by atoms with van der Waals surface area (Å²) in [5.41, 5.74) is 1.52. The standard InChI is InChI=1S/C21H24ClNO3/c1-15-9-11-23(12-10-15)21(24)16-3-8-20(25-2)17(13-16)14-26-19-6-4-18(22)5-7-19/h3-8,13,15H,9-12,14H2,1-2H3. The number of likely N-dealkylation sites (tertiary alicyclic amines) is 1. The third-order valence-corrected chi connectivity index (χ3v) is 5.06. The smallest absolute Gasteiger partial charge is 0.253 e. The van der Waals surface area contributed by atoms with Gasteiger partial charge in [-0.05, 0) is 61.2 Å². The molecule has 0 aromatic heterocycles. The van der Waals surface area contributed by atoms with Crippen LogP contribution < -0.4 is 9.47 Å². The summed E-state index contributed by atoms with van der Waals surface area (Å²) in [6.45, 7) is 4.20. The highest BCUT2D eigenvalue weighted by atomic mass is 35.5. The third kappa shape index (κ3) is 4.50. The molecule has 1 amide bonds. The molecule has 0 aliphatic carbocycles. The molecule has 4 nitrogen and oxygen atoms in total. The number of methoxy groups -OCH3 is 1. The third-order valence-electron chi connectivity index (χ3n) is 4.81. The van der Waals surface area contributed by atoms with Crippen LogP contribution in [-0.4, -0.2) is 31.0 Å². The molecule has 0 radical (unpaired) electrons. The van der Waals surface area contributed by atoms with Crippen molar-refractivity contribution in [1.82, 2.24) is 4.90 Å². The second-order valence-electron chi connectivity index (χ2n) is 6.74. The van der Waals surface area contributed by atoms with Crippen LogP contribution in [0.25, 0.3) is 0 Å². The first-order chi connectivity index (χ1) is 12.6. The molecule has 0 spiro atoms. The van der Waals surface area contributed by atoms with Crippen LogP contribution in [0.15, 0.2) is 42.5 Å². The number of hydrogen-bond donors (Lipinski definition) is 0. The SMILES string of the molecule is COc1ccc(C(=O)N2CCC(C)CC2)cc1COc1ccc(Cl)cc1. The van der Waals surface area contributed by atoms with E-state index < -0.39 is 0 Å². The molecule has 3 rings (SSSR count). The van der Waals surface area contributed by atoms with Crippen molar-refractivity contribution in [2.45, 2.75) is 26.4 Å². The highest BCUT2D eigenvalue weighted by molar-refractivity contribution is 6.30. The Morgan fingerprint density at radius 1 is 1.15 bits per heavy atom. The van der Waals surface area contributed by atoms with E-state index in [1.54, 1.807) is 19.2 Å². The topological polar surface area (TPSA) is 38.8 Å². The van der Waals surface area contributed by atoms with Gasteiger partial charge in [0.2, 0.25) is 0 Å². The van der Waals surface area contributed by atoms with Crippen LogP contribution in [0, 0.1) is 5.92 Å². The first-order valence-electron chi connectivity index (χ1n) is 8.91. The molecule has 2 aromatic carbocycles. The average Bonchev–Trinajstić information content (AvgIpc) is 2.67. The largest absolute Gasteiger partial charge is 0.496 e. The number of carbonyl (C=O) groups is 1. The van der Waals surface area contributed by atoms with Crippen LogP contribution in [0.5, 0.6) is 11.5 Å². The summed E-state index contributed by atoms with van der Waals surface area (Å²) < 4.78 is 11.2. The Balaban J connectivity index is 1.73. The zero-order valence-corrected chi connectivity index (χ0v) is 16.0. The minimum absolute atomic E-state index is 0.0762. The van der Waals surface area contributed by atoms with Gasteiger partial charge < -0.3 is 14.4 Å². The van der Waals surface area contributed by atoms with Gasteiger partial charge in [0.15, 0.2) is 0 Å². The van der Waals surface area contributed by atoms with Crippen LogP contribution in [0.1, 0.15) is 35.7 Å². The fraction of sp³-hybridized carbons (Fsp3) is 0.381. The molecule has 1 aliphatic rings. The first kappa shape index (κ1) is 18.6. The lowest BCUT2D eigenvalue weighted by molar-refractivity contribution is 0.0697. The Hall–Kier alpha value is -2.20. The Morgan fingerprint density at radius 2 is 1.85 bits per heavy atom. The lowest BCUT2D eigenvalue weighted by atomic mass is 9.98. The van der Waals surface area contributed by atoms with Crippen LogP contribution in [-0.2, 0) is 6.61 Å². The lowest BCUT2D eigenvalue weighted by Gasteiger charge is -2.30. The van der Waals surface area contributed by atoms with Gasteiger partial charge in [-0.25, -0.2) is 0 Å². The van der Waals surface area contributed by atoms with Crippen molar-refractivity contribution < 1.29 is 14.3 Å². The molecule has 5 heteroatoms. The van der Waals surface area contributed by atoms with Gasteiger partial charge in [0, 0.05) is 29.2 Å². The fourth-order valence-electron chi connectivity index (χ4n) is 3.11. The number of amides is 1. The van der Waals surface area contributed by atoms with Gasteiger partial charge in [-0.15, -0.1) is 0 Å². The van der Waals surface area contributed by atoms with Crippen LogP contribution in [0.4, 0.5) is 0 Å². The monoisotopic (exact) mass is 373 g/mol. The highest BCUT2D eigenvalue weighted by Crippen LogP contribution is 2.25. The van der Waals surface area contributed by atoms with E-state index in [-0.39, 0.29) is 5.91 Å². The zero-order valence-electron chi connectivity index (χ0n) is 15.2. The number of carbonyl (C=O) groups excluding carboxylic acids is 1.